The number of nitrogens with one attached hydrogen (secondary N) is 1. The molecule has 4 nitrogen and oxygen atoms in total. The lowest BCUT2D eigenvalue weighted by Gasteiger charge is -2.05. The van der Waals surface area contributed by atoms with Crippen molar-refractivity contribution < 1.29 is 9.25 Å². The van der Waals surface area contributed by atoms with Crippen LogP contribution in [0.25, 0.3) is 0 Å². The first-order valence-electron chi connectivity index (χ1n) is 5.11. The zero-order valence-corrected chi connectivity index (χ0v) is 10.3. The Labute approximate surface area is 106 Å². The molecule has 0 fully saturated rings. The van der Waals surface area contributed by atoms with E-state index in [-0.39, 0.29) is 6.17 Å². The molecule has 0 spiro atoms. The van der Waals surface area contributed by atoms with Crippen LogP contribution in [-0.4, -0.2) is 5.90 Å². The first-order valence-corrected chi connectivity index (χ1v) is 5.90. The lowest BCUT2D eigenvalue weighted by Crippen LogP contribution is -2.14. The molecule has 17 heavy (non-hydrogen) atoms. The maximum atomic E-state index is 5.32. The number of aliphatic imine (C=N–C) groups is 1. The van der Waals surface area contributed by atoms with Gasteiger partial charge in [0.05, 0.1) is 11.8 Å². The van der Waals surface area contributed by atoms with Gasteiger partial charge < -0.3 is 9.25 Å². The molecule has 0 amide bonds. The fourth-order valence-electron chi connectivity index (χ4n) is 1.59. The second-order valence-corrected chi connectivity index (χ2v) is 4.54. The number of hydrogen-bond donors (Lipinski definition) is 1. The van der Waals surface area contributed by atoms with E-state index in [4.69, 9.17) is 9.25 Å². The van der Waals surface area contributed by atoms with Crippen molar-refractivity contribution in [2.75, 3.05) is 0 Å². The smallest absolute Gasteiger partial charge is 0.245 e. The molecule has 1 aromatic carbocycles. The lowest BCUT2D eigenvalue weighted by molar-refractivity contribution is 0.180. The Morgan fingerprint density at radius 3 is 2.71 bits per heavy atom. The van der Waals surface area contributed by atoms with Gasteiger partial charge in [-0.2, -0.15) is 0 Å². The average molecular weight is 293 g/mol. The Bertz CT molecular complexity index is 534. The number of hydrogen-bond acceptors (Lipinski definition) is 4. The van der Waals surface area contributed by atoms with Crippen molar-refractivity contribution in [1.29, 1.82) is 0 Å². The molecule has 1 aliphatic rings. The summed E-state index contributed by atoms with van der Waals surface area (Å²) >= 11 is 3.40. The van der Waals surface area contributed by atoms with Gasteiger partial charge in [-0.25, -0.2) is 4.99 Å². The summed E-state index contributed by atoms with van der Waals surface area (Å²) in [6.45, 7) is 0. The van der Waals surface area contributed by atoms with E-state index in [2.05, 4.69) is 26.4 Å². The molecule has 0 saturated heterocycles. The molecule has 3 rings (SSSR count). The normalized spacial score (nSPS) is 18.9. The number of hydroxylamine groups is 1. The summed E-state index contributed by atoms with van der Waals surface area (Å²) in [7, 11) is 0. The summed E-state index contributed by atoms with van der Waals surface area (Å²) in [6.07, 6.45) is 3.02. The van der Waals surface area contributed by atoms with Crippen LogP contribution in [0.15, 0.2) is 56.7 Å². The molecule has 0 aliphatic carbocycles. The van der Waals surface area contributed by atoms with Crippen molar-refractivity contribution >= 4 is 21.8 Å². The predicted molar refractivity (Wildman–Crippen MR) is 66.3 cm³/mol. The second-order valence-electron chi connectivity index (χ2n) is 3.62. The van der Waals surface area contributed by atoms with Crippen LogP contribution < -0.4 is 5.48 Å². The molecule has 1 atom stereocenters. The SMILES string of the molecule is Brc1ccc(C2N=C(c3ccoc3)ON2)cc1. The summed E-state index contributed by atoms with van der Waals surface area (Å²) < 4.78 is 6.03. The van der Waals surface area contributed by atoms with Crippen LogP contribution in [0, 0.1) is 0 Å². The molecular weight excluding hydrogens is 284 g/mol. The number of furan rings is 1. The number of nitrogens with zero attached hydrogens (tertiary/aromatic N) is 1. The van der Waals surface area contributed by atoms with Gasteiger partial charge in [-0.3, -0.25) is 0 Å². The molecule has 86 valence electrons. The third kappa shape index (κ3) is 2.11. The van der Waals surface area contributed by atoms with Crippen LogP contribution in [0.4, 0.5) is 0 Å². The fraction of sp³-hybridized carbons (Fsp3) is 0.0833. The highest BCUT2D eigenvalue weighted by Gasteiger charge is 2.21. The van der Waals surface area contributed by atoms with Crippen LogP contribution in [0.5, 0.6) is 0 Å². The maximum Gasteiger partial charge on any atom is 0.245 e. The molecule has 0 radical (unpaired) electrons. The van der Waals surface area contributed by atoms with Crippen LogP contribution in [0.2, 0.25) is 0 Å². The minimum absolute atomic E-state index is 0.173. The molecule has 5 heteroatoms. The van der Waals surface area contributed by atoms with Crippen molar-refractivity contribution in [2.45, 2.75) is 6.17 Å². The van der Waals surface area contributed by atoms with Crippen LogP contribution in [-0.2, 0) is 4.84 Å². The molecule has 1 N–H and O–H groups in total. The van der Waals surface area contributed by atoms with E-state index in [1.807, 2.05) is 30.3 Å². The highest BCUT2D eigenvalue weighted by atomic mass is 79.9. The molecular formula is C12H9BrN2O2. The average Bonchev–Trinajstić information content (AvgIpc) is 3.00. The van der Waals surface area contributed by atoms with E-state index in [0.29, 0.717) is 5.90 Å². The Morgan fingerprint density at radius 1 is 1.18 bits per heavy atom. The molecule has 1 aromatic heterocycles. The third-order valence-corrected chi connectivity index (χ3v) is 3.00. The second kappa shape index (κ2) is 4.35. The standard InChI is InChI=1S/C12H9BrN2O2/c13-10-3-1-8(2-4-10)11-14-12(17-15-11)9-5-6-16-7-9/h1-7,11,15H. The topological polar surface area (TPSA) is 46.8 Å². The largest absolute Gasteiger partial charge is 0.472 e. The monoisotopic (exact) mass is 292 g/mol. The van der Waals surface area contributed by atoms with Gasteiger partial charge in [-0.05, 0) is 23.8 Å². The molecule has 0 bridgehead atoms. The van der Waals surface area contributed by atoms with Gasteiger partial charge in [0, 0.05) is 4.47 Å². The Morgan fingerprint density at radius 2 is 2.00 bits per heavy atom. The molecule has 1 aliphatic heterocycles. The van der Waals surface area contributed by atoms with Gasteiger partial charge in [0.2, 0.25) is 5.90 Å². The number of rotatable bonds is 2. The molecule has 1 unspecified atom stereocenters. The van der Waals surface area contributed by atoms with Crippen LogP contribution in [0.1, 0.15) is 17.3 Å². The summed E-state index contributed by atoms with van der Waals surface area (Å²) in [5.41, 5.74) is 4.75. The van der Waals surface area contributed by atoms with E-state index in [9.17, 15) is 0 Å². The third-order valence-electron chi connectivity index (χ3n) is 2.47. The van der Waals surface area contributed by atoms with Crippen LogP contribution in [0.3, 0.4) is 0 Å². The Kier molecular flexibility index (Phi) is 2.70. The van der Waals surface area contributed by atoms with Gasteiger partial charge in [-0.15, -0.1) is 5.48 Å². The summed E-state index contributed by atoms with van der Waals surface area (Å²) in [4.78, 5) is 9.76. The van der Waals surface area contributed by atoms with Crippen molar-refractivity contribution in [3.63, 3.8) is 0 Å². The summed E-state index contributed by atoms with van der Waals surface area (Å²) in [5.74, 6) is 0.548. The summed E-state index contributed by atoms with van der Waals surface area (Å²) in [6, 6.07) is 9.75. The van der Waals surface area contributed by atoms with Crippen molar-refractivity contribution in [3.8, 4) is 0 Å². The van der Waals surface area contributed by atoms with E-state index >= 15 is 0 Å². The first-order chi connectivity index (χ1) is 8.33. The van der Waals surface area contributed by atoms with E-state index in [1.165, 1.54) is 0 Å². The van der Waals surface area contributed by atoms with Gasteiger partial charge in [0.25, 0.3) is 0 Å². The number of benzene rings is 1. The lowest BCUT2D eigenvalue weighted by atomic mass is 10.2. The fourth-order valence-corrected chi connectivity index (χ4v) is 1.85. The van der Waals surface area contributed by atoms with Crippen molar-refractivity contribution in [2.24, 2.45) is 4.99 Å². The Hall–Kier alpha value is -1.59. The van der Waals surface area contributed by atoms with E-state index in [0.717, 1.165) is 15.6 Å². The molecule has 0 saturated carbocycles. The van der Waals surface area contributed by atoms with Crippen molar-refractivity contribution in [3.05, 3.63) is 58.5 Å². The minimum Gasteiger partial charge on any atom is -0.472 e. The predicted octanol–water partition coefficient (Wildman–Crippen LogP) is 3.02. The summed E-state index contributed by atoms with van der Waals surface area (Å²) in [5, 5.41) is 0. The first kappa shape index (κ1) is 10.6. The zero-order valence-electron chi connectivity index (χ0n) is 8.76. The highest BCUT2D eigenvalue weighted by molar-refractivity contribution is 9.10. The van der Waals surface area contributed by atoms with E-state index < -0.39 is 0 Å². The van der Waals surface area contributed by atoms with Gasteiger partial charge in [0.1, 0.15) is 6.26 Å². The van der Waals surface area contributed by atoms with Crippen LogP contribution >= 0.6 is 15.9 Å². The van der Waals surface area contributed by atoms with Gasteiger partial charge in [0.15, 0.2) is 6.17 Å². The zero-order chi connectivity index (χ0) is 11.7. The minimum atomic E-state index is -0.173. The highest BCUT2D eigenvalue weighted by Crippen LogP contribution is 2.22. The van der Waals surface area contributed by atoms with Crippen molar-refractivity contribution in [1.82, 2.24) is 5.48 Å². The van der Waals surface area contributed by atoms with Gasteiger partial charge >= 0.3 is 0 Å². The molecule has 2 heterocycles. The molecule has 2 aromatic rings. The number of halogens is 1. The van der Waals surface area contributed by atoms with E-state index in [1.54, 1.807) is 12.5 Å². The maximum absolute atomic E-state index is 5.32. The quantitative estimate of drug-likeness (QED) is 0.925. The van der Waals surface area contributed by atoms with Gasteiger partial charge in [-0.1, -0.05) is 28.1 Å². The Balaban J connectivity index is 1.85.